The molecule has 1 aliphatic rings. The molecule has 0 aliphatic carbocycles. The number of hydrogen-bond acceptors (Lipinski definition) is 3. The van der Waals surface area contributed by atoms with Gasteiger partial charge in [-0.15, -0.1) is 0 Å². The number of likely N-dealkylation sites (tertiary alicyclic amines) is 1. The molecular formula is C16H20N4O. The lowest BCUT2D eigenvalue weighted by Gasteiger charge is -2.32. The zero-order valence-corrected chi connectivity index (χ0v) is 12.2. The summed E-state index contributed by atoms with van der Waals surface area (Å²) in [5, 5.41) is 4.74. The number of carbonyl (C=O) groups is 1. The number of amides is 2. The summed E-state index contributed by atoms with van der Waals surface area (Å²) >= 11 is 0. The van der Waals surface area contributed by atoms with Gasteiger partial charge < -0.3 is 16.0 Å². The van der Waals surface area contributed by atoms with Crippen LogP contribution in [0.1, 0.15) is 18.4 Å². The van der Waals surface area contributed by atoms with Crippen LogP contribution in [0.4, 0.5) is 10.5 Å². The molecular weight excluding hydrogens is 264 g/mol. The first-order valence-corrected chi connectivity index (χ1v) is 7.30. The second-order valence-electron chi connectivity index (χ2n) is 5.57. The van der Waals surface area contributed by atoms with Crippen molar-refractivity contribution >= 4 is 22.6 Å². The number of nitrogens with zero attached hydrogens (tertiary/aromatic N) is 2. The molecule has 21 heavy (non-hydrogen) atoms. The Labute approximate surface area is 124 Å². The number of nitrogens with one attached hydrogen (secondary N) is 1. The van der Waals surface area contributed by atoms with Crippen molar-refractivity contribution in [2.24, 2.45) is 5.73 Å². The Morgan fingerprint density at radius 2 is 2.10 bits per heavy atom. The van der Waals surface area contributed by atoms with E-state index in [0.29, 0.717) is 6.04 Å². The molecule has 0 atom stereocenters. The molecule has 2 heterocycles. The Bertz CT molecular complexity index is 662. The van der Waals surface area contributed by atoms with Crippen molar-refractivity contribution in [2.45, 2.75) is 25.8 Å². The number of aromatic nitrogens is 1. The van der Waals surface area contributed by atoms with Gasteiger partial charge in [-0.05, 0) is 43.5 Å². The van der Waals surface area contributed by atoms with E-state index in [2.05, 4.69) is 35.4 Å². The quantitative estimate of drug-likeness (QED) is 0.890. The first kappa shape index (κ1) is 13.7. The maximum Gasteiger partial charge on any atom is 0.314 e. The lowest BCUT2D eigenvalue weighted by atomic mass is 10.0. The zero-order chi connectivity index (χ0) is 14.8. The number of carbonyl (C=O) groups excluding carboxylic acids is 1. The van der Waals surface area contributed by atoms with Crippen LogP contribution >= 0.6 is 0 Å². The molecule has 110 valence electrons. The van der Waals surface area contributed by atoms with Crippen molar-refractivity contribution in [3.8, 4) is 0 Å². The Balaban J connectivity index is 1.77. The minimum Gasteiger partial charge on any atom is -0.382 e. The molecule has 3 N–H and O–H groups in total. The van der Waals surface area contributed by atoms with Gasteiger partial charge in [-0.2, -0.15) is 0 Å². The highest BCUT2D eigenvalue weighted by atomic mass is 16.2. The summed E-state index contributed by atoms with van der Waals surface area (Å²) in [5.74, 6) is 0. The molecule has 0 bridgehead atoms. The maximum atomic E-state index is 11.2. The highest BCUT2D eigenvalue weighted by molar-refractivity contribution is 5.93. The number of fused-ring (bicyclic) bond motifs is 1. The molecule has 2 amide bonds. The van der Waals surface area contributed by atoms with E-state index < -0.39 is 0 Å². The fourth-order valence-corrected chi connectivity index (χ4v) is 2.90. The van der Waals surface area contributed by atoms with E-state index in [1.54, 1.807) is 4.90 Å². The van der Waals surface area contributed by atoms with Gasteiger partial charge in [0, 0.05) is 36.4 Å². The van der Waals surface area contributed by atoms with Crippen molar-refractivity contribution in [3.05, 3.63) is 36.0 Å². The summed E-state index contributed by atoms with van der Waals surface area (Å²) < 4.78 is 0. The number of pyridine rings is 1. The van der Waals surface area contributed by atoms with Gasteiger partial charge in [0.25, 0.3) is 0 Å². The van der Waals surface area contributed by atoms with Crippen molar-refractivity contribution in [2.75, 3.05) is 18.4 Å². The third-order valence-electron chi connectivity index (χ3n) is 4.14. The van der Waals surface area contributed by atoms with E-state index in [1.165, 1.54) is 5.56 Å². The van der Waals surface area contributed by atoms with E-state index in [9.17, 15) is 4.79 Å². The molecule has 1 saturated heterocycles. The summed E-state index contributed by atoms with van der Waals surface area (Å²) in [4.78, 5) is 17.3. The van der Waals surface area contributed by atoms with Crippen LogP contribution in [0.2, 0.25) is 0 Å². The van der Waals surface area contributed by atoms with Crippen LogP contribution in [-0.2, 0) is 0 Å². The van der Waals surface area contributed by atoms with Gasteiger partial charge in [-0.25, -0.2) is 4.79 Å². The molecule has 2 aromatic rings. The average molecular weight is 284 g/mol. The number of hydrogen-bond donors (Lipinski definition) is 2. The first-order chi connectivity index (χ1) is 10.1. The van der Waals surface area contributed by atoms with Crippen LogP contribution in [0, 0.1) is 6.92 Å². The summed E-state index contributed by atoms with van der Waals surface area (Å²) in [6.45, 7) is 3.51. The molecule has 3 rings (SSSR count). The van der Waals surface area contributed by atoms with E-state index in [1.807, 2.05) is 12.3 Å². The van der Waals surface area contributed by atoms with Crippen molar-refractivity contribution in [1.82, 2.24) is 9.88 Å². The molecule has 0 radical (unpaired) electrons. The number of piperidine rings is 1. The lowest BCUT2D eigenvalue weighted by molar-refractivity contribution is 0.193. The maximum absolute atomic E-state index is 11.2. The number of urea groups is 1. The van der Waals surface area contributed by atoms with E-state index in [0.717, 1.165) is 42.5 Å². The van der Waals surface area contributed by atoms with Crippen molar-refractivity contribution < 1.29 is 4.79 Å². The van der Waals surface area contributed by atoms with Crippen LogP contribution in [0.5, 0.6) is 0 Å². The topological polar surface area (TPSA) is 71.2 Å². The number of nitrogens with two attached hydrogens (primary N) is 1. The molecule has 1 aromatic heterocycles. The Kier molecular flexibility index (Phi) is 3.64. The summed E-state index contributed by atoms with van der Waals surface area (Å²) in [6.07, 6.45) is 3.65. The Hall–Kier alpha value is -2.30. The number of primary amides is 1. The SMILES string of the molecule is Cc1ccc(NC2CCN(C(N)=O)CC2)c2cccnc12. The van der Waals surface area contributed by atoms with Crippen LogP contribution in [0.3, 0.4) is 0 Å². The second-order valence-corrected chi connectivity index (χ2v) is 5.57. The van der Waals surface area contributed by atoms with E-state index in [4.69, 9.17) is 5.73 Å². The predicted octanol–water partition coefficient (Wildman–Crippen LogP) is 2.50. The highest BCUT2D eigenvalue weighted by Crippen LogP contribution is 2.26. The van der Waals surface area contributed by atoms with Crippen LogP contribution in [0.15, 0.2) is 30.5 Å². The number of aryl methyl sites for hydroxylation is 1. The van der Waals surface area contributed by atoms with Gasteiger partial charge in [0.15, 0.2) is 0 Å². The summed E-state index contributed by atoms with van der Waals surface area (Å²) in [5.41, 5.74) is 8.65. The predicted molar refractivity (Wildman–Crippen MR) is 84.3 cm³/mol. The zero-order valence-electron chi connectivity index (χ0n) is 12.2. The van der Waals surface area contributed by atoms with Gasteiger partial charge in [0.05, 0.1) is 5.52 Å². The fourth-order valence-electron chi connectivity index (χ4n) is 2.90. The molecule has 1 aliphatic heterocycles. The fraction of sp³-hybridized carbons (Fsp3) is 0.375. The first-order valence-electron chi connectivity index (χ1n) is 7.30. The summed E-state index contributed by atoms with van der Waals surface area (Å²) in [7, 11) is 0. The third kappa shape index (κ3) is 2.77. The minimum absolute atomic E-state index is 0.321. The van der Waals surface area contributed by atoms with Gasteiger partial charge >= 0.3 is 6.03 Å². The van der Waals surface area contributed by atoms with Gasteiger partial charge in [-0.3, -0.25) is 4.98 Å². The van der Waals surface area contributed by atoms with Gasteiger partial charge in [0.1, 0.15) is 0 Å². The average Bonchev–Trinajstić information content (AvgIpc) is 2.51. The molecule has 5 heteroatoms. The third-order valence-corrected chi connectivity index (χ3v) is 4.14. The largest absolute Gasteiger partial charge is 0.382 e. The molecule has 5 nitrogen and oxygen atoms in total. The Morgan fingerprint density at radius 3 is 2.81 bits per heavy atom. The van der Waals surface area contributed by atoms with Crippen molar-refractivity contribution in [3.63, 3.8) is 0 Å². The molecule has 0 unspecified atom stereocenters. The second kappa shape index (κ2) is 5.60. The standard InChI is InChI=1S/C16H20N4O/c1-11-4-5-14(13-3-2-8-18-15(11)13)19-12-6-9-20(10-7-12)16(17)21/h2-5,8,12,19H,6-7,9-10H2,1H3,(H2,17,21). The number of rotatable bonds is 2. The number of benzene rings is 1. The molecule has 0 saturated carbocycles. The van der Waals surface area contributed by atoms with E-state index in [-0.39, 0.29) is 6.03 Å². The molecule has 0 spiro atoms. The smallest absolute Gasteiger partial charge is 0.314 e. The minimum atomic E-state index is -0.321. The molecule has 1 aromatic carbocycles. The van der Waals surface area contributed by atoms with Crippen molar-refractivity contribution in [1.29, 1.82) is 0 Å². The van der Waals surface area contributed by atoms with Gasteiger partial charge in [-0.1, -0.05) is 6.07 Å². The lowest BCUT2D eigenvalue weighted by Crippen LogP contribution is -2.44. The normalized spacial score (nSPS) is 16.1. The van der Waals surface area contributed by atoms with Crippen LogP contribution < -0.4 is 11.1 Å². The Morgan fingerprint density at radius 1 is 1.33 bits per heavy atom. The van der Waals surface area contributed by atoms with Gasteiger partial charge in [0.2, 0.25) is 0 Å². The van der Waals surface area contributed by atoms with Crippen LogP contribution in [0.25, 0.3) is 10.9 Å². The number of anilines is 1. The van der Waals surface area contributed by atoms with E-state index >= 15 is 0 Å². The monoisotopic (exact) mass is 284 g/mol. The van der Waals surface area contributed by atoms with Crippen LogP contribution in [-0.4, -0.2) is 35.0 Å². The molecule has 1 fully saturated rings. The highest BCUT2D eigenvalue weighted by Gasteiger charge is 2.21. The summed E-state index contributed by atoms with van der Waals surface area (Å²) in [6, 6.07) is 8.31.